The molecule has 0 bridgehead atoms. The first-order chi connectivity index (χ1) is 9.67. The van der Waals surface area contributed by atoms with Gasteiger partial charge in [0.2, 0.25) is 5.91 Å². The number of likely N-dealkylation sites (N-methyl/N-ethyl adjacent to an activating group) is 1. The molecule has 1 fully saturated rings. The minimum absolute atomic E-state index is 0.100. The average Bonchev–Trinajstić information content (AvgIpc) is 2.77. The van der Waals surface area contributed by atoms with Crippen molar-refractivity contribution >= 4 is 5.91 Å². The van der Waals surface area contributed by atoms with Gasteiger partial charge in [-0.25, -0.2) is 0 Å². The van der Waals surface area contributed by atoms with Crippen LogP contribution in [0, 0.1) is 0 Å². The second-order valence-corrected chi connectivity index (χ2v) is 5.24. The molecule has 1 heterocycles. The summed E-state index contributed by atoms with van der Waals surface area (Å²) in [5.74, 6) is 0.191. The topological polar surface area (TPSA) is 35.6 Å². The number of nitrogens with zero attached hydrogens (tertiary/aromatic N) is 2. The molecule has 1 aromatic rings. The lowest BCUT2D eigenvalue weighted by Crippen LogP contribution is -2.40. The largest absolute Gasteiger partial charge is 0.324 e. The van der Waals surface area contributed by atoms with Crippen LogP contribution in [0.1, 0.15) is 32.4 Å². The summed E-state index contributed by atoms with van der Waals surface area (Å²) < 4.78 is 0. The zero-order valence-corrected chi connectivity index (χ0v) is 12.7. The molecule has 2 atom stereocenters. The van der Waals surface area contributed by atoms with Gasteiger partial charge in [0.25, 0.3) is 0 Å². The highest BCUT2D eigenvalue weighted by atomic mass is 16.2. The second kappa shape index (κ2) is 6.86. The first-order valence-electron chi connectivity index (χ1n) is 7.51. The van der Waals surface area contributed by atoms with E-state index in [0.29, 0.717) is 0 Å². The van der Waals surface area contributed by atoms with Crippen LogP contribution < -0.4 is 5.32 Å². The summed E-state index contributed by atoms with van der Waals surface area (Å²) in [5, 5.41) is 3.39. The van der Waals surface area contributed by atoms with E-state index in [4.69, 9.17) is 0 Å². The van der Waals surface area contributed by atoms with E-state index in [0.717, 1.165) is 31.7 Å². The van der Waals surface area contributed by atoms with Crippen LogP contribution in [0.3, 0.4) is 0 Å². The summed E-state index contributed by atoms with van der Waals surface area (Å²) in [5.41, 5.74) is 1.05. The second-order valence-electron chi connectivity index (χ2n) is 5.24. The van der Waals surface area contributed by atoms with Gasteiger partial charge in [-0.3, -0.25) is 10.1 Å². The van der Waals surface area contributed by atoms with Crippen molar-refractivity contribution < 1.29 is 4.79 Å². The Morgan fingerprint density at radius 1 is 1.20 bits per heavy atom. The summed E-state index contributed by atoms with van der Waals surface area (Å²) in [4.78, 5) is 16.8. The van der Waals surface area contributed by atoms with Crippen LogP contribution in [0.2, 0.25) is 0 Å². The van der Waals surface area contributed by atoms with Crippen LogP contribution in [0.5, 0.6) is 0 Å². The molecule has 0 radical (unpaired) electrons. The van der Waals surface area contributed by atoms with Crippen LogP contribution in [0.4, 0.5) is 0 Å². The third-order valence-electron chi connectivity index (χ3n) is 4.09. The lowest BCUT2D eigenvalue weighted by atomic mass is 10.1. The molecule has 2 rings (SSSR count). The summed E-state index contributed by atoms with van der Waals surface area (Å²) in [6.45, 7) is 10.2. The van der Waals surface area contributed by atoms with Crippen molar-refractivity contribution in [2.75, 3.05) is 26.2 Å². The van der Waals surface area contributed by atoms with Crippen molar-refractivity contribution in [1.82, 2.24) is 15.1 Å². The summed E-state index contributed by atoms with van der Waals surface area (Å²) >= 11 is 0. The van der Waals surface area contributed by atoms with Gasteiger partial charge in [0, 0.05) is 13.1 Å². The van der Waals surface area contributed by atoms with Gasteiger partial charge in [0.05, 0.1) is 6.17 Å². The number of hydrogen-bond acceptors (Lipinski definition) is 3. The number of benzene rings is 1. The van der Waals surface area contributed by atoms with E-state index < -0.39 is 0 Å². The Labute approximate surface area is 121 Å². The third kappa shape index (κ3) is 3.19. The Hall–Kier alpha value is -1.39. The molecule has 1 saturated heterocycles. The molecule has 1 aliphatic heterocycles. The van der Waals surface area contributed by atoms with Crippen molar-refractivity contribution in [3.8, 4) is 0 Å². The van der Waals surface area contributed by atoms with Gasteiger partial charge in [-0.05, 0) is 25.6 Å². The van der Waals surface area contributed by atoms with Crippen LogP contribution >= 0.6 is 0 Å². The van der Waals surface area contributed by atoms with E-state index in [9.17, 15) is 4.79 Å². The van der Waals surface area contributed by atoms with Crippen LogP contribution in [-0.4, -0.2) is 48.1 Å². The van der Waals surface area contributed by atoms with E-state index in [1.807, 2.05) is 35.2 Å². The Bertz CT molecular complexity index is 431. The Kier molecular flexibility index (Phi) is 5.15. The van der Waals surface area contributed by atoms with Gasteiger partial charge < -0.3 is 9.80 Å². The first-order valence-corrected chi connectivity index (χ1v) is 7.51. The fourth-order valence-corrected chi connectivity index (χ4v) is 2.74. The smallest absolute Gasteiger partial charge is 0.245 e. The quantitative estimate of drug-likeness (QED) is 0.860. The number of amides is 1. The van der Waals surface area contributed by atoms with Gasteiger partial charge in [-0.2, -0.15) is 0 Å². The van der Waals surface area contributed by atoms with Crippen LogP contribution in [0.15, 0.2) is 30.3 Å². The monoisotopic (exact) mass is 275 g/mol. The van der Waals surface area contributed by atoms with Gasteiger partial charge in [-0.1, -0.05) is 44.2 Å². The molecule has 4 nitrogen and oxygen atoms in total. The van der Waals surface area contributed by atoms with Crippen molar-refractivity contribution in [1.29, 1.82) is 0 Å². The fraction of sp³-hybridized carbons (Fsp3) is 0.562. The predicted molar refractivity (Wildman–Crippen MR) is 81.3 cm³/mol. The maximum absolute atomic E-state index is 12.6. The molecule has 0 saturated carbocycles. The van der Waals surface area contributed by atoms with E-state index >= 15 is 0 Å². The lowest BCUT2D eigenvalue weighted by Gasteiger charge is -2.25. The number of nitrogens with one attached hydrogen (secondary N) is 1. The Morgan fingerprint density at radius 2 is 1.85 bits per heavy atom. The van der Waals surface area contributed by atoms with Crippen molar-refractivity contribution in [3.05, 3.63) is 35.9 Å². The van der Waals surface area contributed by atoms with Gasteiger partial charge >= 0.3 is 0 Å². The van der Waals surface area contributed by atoms with Crippen molar-refractivity contribution in [3.63, 3.8) is 0 Å². The standard InChI is InChI=1S/C16H25N3O/c1-4-18(5-2)11-12-19-13(3)17-15(16(19)20)14-9-7-6-8-10-14/h6-10,13,15,17H,4-5,11-12H2,1-3H3. The minimum Gasteiger partial charge on any atom is -0.324 e. The molecule has 1 amide bonds. The van der Waals surface area contributed by atoms with Gasteiger partial charge in [-0.15, -0.1) is 0 Å². The SMILES string of the molecule is CCN(CC)CCN1C(=O)C(c2ccccc2)NC1C. The maximum Gasteiger partial charge on any atom is 0.245 e. The summed E-state index contributed by atoms with van der Waals surface area (Å²) in [6, 6.07) is 9.76. The Balaban J connectivity index is 2.00. The number of hydrogen-bond donors (Lipinski definition) is 1. The molecule has 4 heteroatoms. The van der Waals surface area contributed by atoms with Gasteiger partial charge in [0.1, 0.15) is 6.04 Å². The summed E-state index contributed by atoms with van der Waals surface area (Å²) in [6.07, 6.45) is 0.100. The third-order valence-corrected chi connectivity index (χ3v) is 4.09. The molecule has 20 heavy (non-hydrogen) atoms. The zero-order valence-electron chi connectivity index (χ0n) is 12.7. The molecule has 0 aliphatic carbocycles. The van der Waals surface area contributed by atoms with Crippen LogP contribution in [0.25, 0.3) is 0 Å². The summed E-state index contributed by atoms with van der Waals surface area (Å²) in [7, 11) is 0. The first kappa shape index (κ1) is 15.0. The highest BCUT2D eigenvalue weighted by Gasteiger charge is 2.36. The van der Waals surface area contributed by atoms with Crippen LogP contribution in [-0.2, 0) is 4.79 Å². The fourth-order valence-electron chi connectivity index (χ4n) is 2.74. The zero-order chi connectivity index (χ0) is 14.5. The van der Waals surface area contributed by atoms with E-state index in [1.165, 1.54) is 0 Å². The lowest BCUT2D eigenvalue weighted by molar-refractivity contribution is -0.130. The molecule has 0 aromatic heterocycles. The number of carbonyl (C=O) groups excluding carboxylic acids is 1. The maximum atomic E-state index is 12.6. The minimum atomic E-state index is -0.192. The predicted octanol–water partition coefficient (Wildman–Crippen LogP) is 1.85. The molecule has 110 valence electrons. The molecule has 1 aromatic carbocycles. The van der Waals surface area contributed by atoms with Crippen molar-refractivity contribution in [2.24, 2.45) is 0 Å². The normalized spacial score (nSPS) is 22.8. The highest BCUT2D eigenvalue weighted by molar-refractivity contribution is 5.85. The molecule has 1 N–H and O–H groups in total. The highest BCUT2D eigenvalue weighted by Crippen LogP contribution is 2.23. The van der Waals surface area contributed by atoms with Gasteiger partial charge in [0.15, 0.2) is 0 Å². The molecular weight excluding hydrogens is 250 g/mol. The van der Waals surface area contributed by atoms with Crippen molar-refractivity contribution in [2.45, 2.75) is 33.0 Å². The Morgan fingerprint density at radius 3 is 2.45 bits per heavy atom. The number of rotatable bonds is 6. The average molecular weight is 275 g/mol. The van der Waals surface area contributed by atoms with E-state index in [1.54, 1.807) is 0 Å². The molecule has 1 aliphatic rings. The molecule has 0 spiro atoms. The molecular formula is C16H25N3O. The number of carbonyl (C=O) groups is 1. The van der Waals surface area contributed by atoms with E-state index in [-0.39, 0.29) is 18.1 Å². The van der Waals surface area contributed by atoms with E-state index in [2.05, 4.69) is 31.0 Å². The molecule has 2 unspecified atom stereocenters.